The van der Waals surface area contributed by atoms with Gasteiger partial charge in [0.2, 0.25) is 0 Å². The van der Waals surface area contributed by atoms with Gasteiger partial charge in [-0.1, -0.05) is 25.0 Å². The van der Waals surface area contributed by atoms with Crippen molar-refractivity contribution >= 4 is 29.9 Å². The van der Waals surface area contributed by atoms with Crippen LogP contribution in [-0.4, -0.2) is 39.8 Å². The maximum absolute atomic E-state index is 13.3. The minimum absolute atomic E-state index is 0. The van der Waals surface area contributed by atoms with Crippen molar-refractivity contribution in [2.24, 2.45) is 10.4 Å². The van der Waals surface area contributed by atoms with Crippen LogP contribution in [0.15, 0.2) is 29.3 Å². The minimum atomic E-state index is -0.171. The highest BCUT2D eigenvalue weighted by Gasteiger charge is 2.39. The highest BCUT2D eigenvalue weighted by molar-refractivity contribution is 14.0. The van der Waals surface area contributed by atoms with Crippen LogP contribution < -0.4 is 10.6 Å². The fourth-order valence-electron chi connectivity index (χ4n) is 4.23. The van der Waals surface area contributed by atoms with Gasteiger partial charge in [-0.3, -0.25) is 4.99 Å². The Kier molecular flexibility index (Phi) is 8.34. The Balaban J connectivity index is 0.00000261. The van der Waals surface area contributed by atoms with Gasteiger partial charge in [0.05, 0.1) is 0 Å². The van der Waals surface area contributed by atoms with Crippen LogP contribution in [0.4, 0.5) is 4.39 Å². The molecule has 0 spiro atoms. The van der Waals surface area contributed by atoms with Gasteiger partial charge in [-0.25, -0.2) is 4.39 Å². The van der Waals surface area contributed by atoms with E-state index in [0.717, 1.165) is 44.9 Å². The molecule has 1 aromatic rings. The van der Waals surface area contributed by atoms with E-state index in [4.69, 9.17) is 4.74 Å². The van der Waals surface area contributed by atoms with Gasteiger partial charge in [0.1, 0.15) is 5.82 Å². The Hall–Kier alpha value is -0.890. The molecule has 2 aliphatic rings. The average Bonchev–Trinajstić information content (AvgIpc) is 2.59. The summed E-state index contributed by atoms with van der Waals surface area (Å²) >= 11 is 0. The lowest BCUT2D eigenvalue weighted by atomic mass is 9.64. The third-order valence-corrected chi connectivity index (χ3v) is 6.47. The van der Waals surface area contributed by atoms with E-state index in [0.29, 0.717) is 5.41 Å². The van der Waals surface area contributed by atoms with E-state index < -0.39 is 0 Å². The predicted octanol–water partition coefficient (Wildman–Crippen LogP) is 4.24. The van der Waals surface area contributed by atoms with Crippen LogP contribution in [0.1, 0.15) is 50.5 Å². The summed E-state index contributed by atoms with van der Waals surface area (Å²) < 4.78 is 18.5. The van der Waals surface area contributed by atoms with Crippen LogP contribution in [0.5, 0.6) is 0 Å². The summed E-state index contributed by atoms with van der Waals surface area (Å²) in [5, 5.41) is 7.04. The van der Waals surface area contributed by atoms with Crippen molar-refractivity contribution in [3.8, 4) is 0 Å². The largest absolute Gasteiger partial charge is 0.385 e. The topological polar surface area (TPSA) is 45.7 Å². The molecule has 0 unspecified atom stereocenters. The number of ether oxygens (including phenoxy) is 1. The summed E-state index contributed by atoms with van der Waals surface area (Å²) in [6.45, 7) is 2.60. The SMILES string of the molecule is CN=C(NCC1(CCOC)CCC1)NCC1(c2ccc(F)cc2)CCC1.I. The molecule has 6 heteroatoms. The maximum atomic E-state index is 13.3. The van der Waals surface area contributed by atoms with Gasteiger partial charge in [-0.2, -0.15) is 0 Å². The molecule has 0 heterocycles. The van der Waals surface area contributed by atoms with Crippen molar-refractivity contribution in [1.82, 2.24) is 10.6 Å². The molecule has 0 bridgehead atoms. The van der Waals surface area contributed by atoms with E-state index in [1.54, 1.807) is 19.2 Å². The number of aliphatic imine (C=N–C) groups is 1. The molecule has 0 aromatic heterocycles. The second-order valence-electron chi connectivity index (χ2n) is 8.02. The predicted molar refractivity (Wildman–Crippen MR) is 119 cm³/mol. The number of halogens is 2. The number of hydrogen-bond acceptors (Lipinski definition) is 2. The first kappa shape index (κ1) is 22.4. The Labute approximate surface area is 179 Å². The monoisotopic (exact) mass is 489 g/mol. The molecular weight excluding hydrogens is 456 g/mol. The van der Waals surface area contributed by atoms with E-state index in [1.165, 1.54) is 31.2 Å². The number of nitrogens with zero attached hydrogens (tertiary/aromatic N) is 1. The molecule has 0 radical (unpaired) electrons. The van der Waals surface area contributed by atoms with Crippen LogP contribution in [0.3, 0.4) is 0 Å². The highest BCUT2D eigenvalue weighted by atomic mass is 127. The zero-order valence-electron chi connectivity index (χ0n) is 16.5. The number of guanidine groups is 1. The fraction of sp³-hybridized carbons (Fsp3) is 0.667. The molecule has 1 aromatic carbocycles. The van der Waals surface area contributed by atoms with Gasteiger partial charge in [-0.15, -0.1) is 24.0 Å². The number of hydrogen-bond donors (Lipinski definition) is 2. The van der Waals surface area contributed by atoms with Crippen molar-refractivity contribution in [1.29, 1.82) is 0 Å². The van der Waals surface area contributed by atoms with E-state index in [9.17, 15) is 4.39 Å². The Bertz CT molecular complexity index is 612. The number of rotatable bonds is 8. The summed E-state index contributed by atoms with van der Waals surface area (Å²) in [6.07, 6.45) is 8.45. The molecule has 0 atom stereocenters. The van der Waals surface area contributed by atoms with Crippen molar-refractivity contribution in [2.75, 3.05) is 33.9 Å². The standard InChI is InChI=1S/C21H32FN3O.HI/c1-23-19(24-15-20(9-3-10-20)13-14-26-2)25-16-21(11-4-12-21)17-5-7-18(22)8-6-17;/h5-8H,3-4,9-16H2,1-2H3,(H2,23,24,25);1H. The van der Waals surface area contributed by atoms with Crippen LogP contribution in [-0.2, 0) is 10.2 Å². The smallest absolute Gasteiger partial charge is 0.191 e. The summed E-state index contributed by atoms with van der Waals surface area (Å²) in [4.78, 5) is 4.40. The second-order valence-corrected chi connectivity index (χ2v) is 8.02. The molecule has 0 saturated heterocycles. The first-order chi connectivity index (χ1) is 12.6. The summed E-state index contributed by atoms with van der Waals surface area (Å²) in [5.41, 5.74) is 1.69. The normalized spacial score (nSPS) is 20.0. The first-order valence-electron chi connectivity index (χ1n) is 9.81. The van der Waals surface area contributed by atoms with Crippen LogP contribution in [0.25, 0.3) is 0 Å². The van der Waals surface area contributed by atoms with Gasteiger partial charge >= 0.3 is 0 Å². The molecule has 2 aliphatic carbocycles. The van der Waals surface area contributed by atoms with Gasteiger partial charge in [0.25, 0.3) is 0 Å². The fourth-order valence-corrected chi connectivity index (χ4v) is 4.23. The molecule has 27 heavy (non-hydrogen) atoms. The number of nitrogens with one attached hydrogen (secondary N) is 2. The summed E-state index contributed by atoms with van der Waals surface area (Å²) in [5.74, 6) is 0.692. The van der Waals surface area contributed by atoms with Crippen LogP contribution >= 0.6 is 24.0 Å². The number of methoxy groups -OCH3 is 1. The molecular formula is C21H33FIN3O. The van der Waals surface area contributed by atoms with Crippen molar-refractivity contribution in [3.63, 3.8) is 0 Å². The quantitative estimate of drug-likeness (QED) is 0.326. The number of benzene rings is 1. The first-order valence-corrected chi connectivity index (χ1v) is 9.81. The van der Waals surface area contributed by atoms with Crippen molar-refractivity contribution < 1.29 is 9.13 Å². The highest BCUT2D eigenvalue weighted by Crippen LogP contribution is 2.44. The third kappa shape index (κ3) is 5.34. The molecule has 4 nitrogen and oxygen atoms in total. The molecule has 0 amide bonds. The molecule has 0 aliphatic heterocycles. The van der Waals surface area contributed by atoms with Gasteiger partial charge in [0.15, 0.2) is 5.96 Å². The molecule has 2 saturated carbocycles. The lowest BCUT2D eigenvalue weighted by Crippen LogP contribution is -2.51. The minimum Gasteiger partial charge on any atom is -0.385 e. The maximum Gasteiger partial charge on any atom is 0.191 e. The Morgan fingerprint density at radius 1 is 1.07 bits per heavy atom. The van der Waals surface area contributed by atoms with E-state index in [2.05, 4.69) is 15.6 Å². The molecule has 3 rings (SSSR count). The zero-order chi connectivity index (χ0) is 18.5. The van der Waals surface area contributed by atoms with Crippen molar-refractivity contribution in [3.05, 3.63) is 35.6 Å². The van der Waals surface area contributed by atoms with E-state index in [-0.39, 0.29) is 35.2 Å². The lowest BCUT2D eigenvalue weighted by molar-refractivity contribution is 0.0732. The van der Waals surface area contributed by atoms with E-state index >= 15 is 0 Å². The Morgan fingerprint density at radius 2 is 1.70 bits per heavy atom. The van der Waals surface area contributed by atoms with Crippen molar-refractivity contribution in [2.45, 2.75) is 50.4 Å². The summed E-state index contributed by atoms with van der Waals surface area (Å²) in [6, 6.07) is 7.00. The molecule has 152 valence electrons. The van der Waals surface area contributed by atoms with Gasteiger partial charge in [-0.05, 0) is 55.2 Å². The summed E-state index contributed by atoms with van der Waals surface area (Å²) in [7, 11) is 3.59. The van der Waals surface area contributed by atoms with Crippen LogP contribution in [0, 0.1) is 11.2 Å². The zero-order valence-corrected chi connectivity index (χ0v) is 18.9. The average molecular weight is 489 g/mol. The van der Waals surface area contributed by atoms with Gasteiger partial charge < -0.3 is 15.4 Å². The molecule has 2 fully saturated rings. The molecule has 2 N–H and O–H groups in total. The van der Waals surface area contributed by atoms with E-state index in [1.807, 2.05) is 19.2 Å². The third-order valence-electron chi connectivity index (χ3n) is 6.47. The van der Waals surface area contributed by atoms with Gasteiger partial charge in [0, 0.05) is 39.3 Å². The Morgan fingerprint density at radius 3 is 2.19 bits per heavy atom. The lowest BCUT2D eigenvalue weighted by Gasteiger charge is -2.44. The van der Waals surface area contributed by atoms with Crippen LogP contribution in [0.2, 0.25) is 0 Å². The second kappa shape index (κ2) is 10.0.